The van der Waals surface area contributed by atoms with Gasteiger partial charge in [0.15, 0.2) is 0 Å². The molecule has 0 aliphatic rings. The van der Waals surface area contributed by atoms with E-state index in [0.29, 0.717) is 12.8 Å². The molecule has 0 fully saturated rings. The molecular formula is C22H33N3O4. The highest BCUT2D eigenvalue weighted by Gasteiger charge is 2.45. The second-order valence-corrected chi connectivity index (χ2v) is 7.90. The lowest BCUT2D eigenvalue weighted by atomic mass is 9.70. The first-order valence-corrected chi connectivity index (χ1v) is 9.80. The minimum atomic E-state index is -1.20. The van der Waals surface area contributed by atoms with Crippen LogP contribution in [0.15, 0.2) is 43.0 Å². The molecule has 0 saturated carbocycles. The van der Waals surface area contributed by atoms with Crippen LogP contribution in [0.25, 0.3) is 0 Å². The fourth-order valence-electron chi connectivity index (χ4n) is 3.45. The van der Waals surface area contributed by atoms with Gasteiger partial charge in [-0.25, -0.2) is 5.48 Å². The number of carbonyl (C=O) groups excluding carboxylic acids is 3. The monoisotopic (exact) mass is 403 g/mol. The molecule has 0 aliphatic heterocycles. The van der Waals surface area contributed by atoms with Crippen LogP contribution in [-0.4, -0.2) is 36.0 Å². The van der Waals surface area contributed by atoms with E-state index in [0.717, 1.165) is 5.56 Å². The van der Waals surface area contributed by atoms with Crippen molar-refractivity contribution in [2.24, 2.45) is 17.3 Å². The summed E-state index contributed by atoms with van der Waals surface area (Å²) in [5, 5.41) is 14.6. The number of likely N-dealkylation sites (N-methyl/N-ethyl adjacent to an activating group) is 1. The minimum absolute atomic E-state index is 0.119. The van der Waals surface area contributed by atoms with E-state index in [4.69, 9.17) is 0 Å². The molecule has 1 aromatic carbocycles. The Labute approximate surface area is 172 Å². The summed E-state index contributed by atoms with van der Waals surface area (Å²) in [5.41, 5.74) is 1.38. The van der Waals surface area contributed by atoms with Gasteiger partial charge in [0.25, 0.3) is 0 Å². The molecule has 0 aliphatic carbocycles. The molecule has 3 atom stereocenters. The van der Waals surface area contributed by atoms with Gasteiger partial charge >= 0.3 is 0 Å². The van der Waals surface area contributed by atoms with Crippen LogP contribution in [0.5, 0.6) is 0 Å². The normalized spacial score (nSPS) is 15.0. The average Bonchev–Trinajstić information content (AvgIpc) is 2.70. The Morgan fingerprint density at radius 1 is 1.17 bits per heavy atom. The van der Waals surface area contributed by atoms with Crippen LogP contribution in [0.2, 0.25) is 0 Å². The first kappa shape index (κ1) is 24.4. The van der Waals surface area contributed by atoms with Gasteiger partial charge in [-0.15, -0.1) is 6.58 Å². The highest BCUT2D eigenvalue weighted by atomic mass is 16.5. The highest BCUT2D eigenvalue weighted by molar-refractivity contribution is 5.93. The van der Waals surface area contributed by atoms with Crippen molar-refractivity contribution in [3.8, 4) is 0 Å². The van der Waals surface area contributed by atoms with Gasteiger partial charge in [-0.2, -0.15) is 0 Å². The van der Waals surface area contributed by atoms with Crippen LogP contribution < -0.4 is 16.1 Å². The van der Waals surface area contributed by atoms with Crippen molar-refractivity contribution < 1.29 is 19.6 Å². The van der Waals surface area contributed by atoms with Crippen molar-refractivity contribution in [1.29, 1.82) is 0 Å². The van der Waals surface area contributed by atoms with E-state index in [2.05, 4.69) is 17.2 Å². The Bertz CT molecular complexity index is 705. The molecule has 4 N–H and O–H groups in total. The lowest BCUT2D eigenvalue weighted by molar-refractivity contribution is -0.148. The van der Waals surface area contributed by atoms with E-state index in [1.807, 2.05) is 44.2 Å². The van der Waals surface area contributed by atoms with Crippen molar-refractivity contribution in [2.75, 3.05) is 7.05 Å². The summed E-state index contributed by atoms with van der Waals surface area (Å²) in [7, 11) is 1.51. The van der Waals surface area contributed by atoms with Crippen molar-refractivity contribution in [3.05, 3.63) is 48.6 Å². The van der Waals surface area contributed by atoms with Crippen molar-refractivity contribution in [3.63, 3.8) is 0 Å². The molecule has 0 heterocycles. The molecule has 0 radical (unpaired) electrons. The average molecular weight is 404 g/mol. The Balaban J connectivity index is 3.19. The summed E-state index contributed by atoms with van der Waals surface area (Å²) in [6.45, 7) is 9.21. The molecule has 1 rings (SSSR count). The standard InChI is InChI=1S/C22H33N3O4/c1-6-12-22(4,21(28)25-29)17(13-15(2)3)19(26)24-18(20(27)23-5)14-16-10-8-7-9-11-16/h6-11,15,17-18,29H,1,12-14H2,2-5H3,(H,23,27)(H,24,26)(H,25,28)/t17-,18-,22-/m0/s1. The molecule has 7 nitrogen and oxygen atoms in total. The zero-order chi connectivity index (χ0) is 22.0. The van der Waals surface area contributed by atoms with Gasteiger partial charge in [-0.05, 0) is 31.2 Å². The molecule has 3 amide bonds. The second kappa shape index (κ2) is 11.4. The zero-order valence-electron chi connectivity index (χ0n) is 17.7. The Morgan fingerprint density at radius 2 is 1.79 bits per heavy atom. The van der Waals surface area contributed by atoms with Crippen LogP contribution in [0, 0.1) is 17.3 Å². The molecular weight excluding hydrogens is 370 g/mol. The van der Waals surface area contributed by atoms with Crippen molar-refractivity contribution in [2.45, 2.75) is 46.1 Å². The van der Waals surface area contributed by atoms with E-state index in [9.17, 15) is 19.6 Å². The van der Waals surface area contributed by atoms with Gasteiger partial charge in [-0.3, -0.25) is 19.6 Å². The van der Waals surface area contributed by atoms with Crippen LogP contribution in [0.1, 0.15) is 39.2 Å². The Morgan fingerprint density at radius 3 is 2.28 bits per heavy atom. The maximum atomic E-state index is 13.3. The smallest absolute Gasteiger partial charge is 0.250 e. The minimum Gasteiger partial charge on any atom is -0.357 e. The van der Waals surface area contributed by atoms with Crippen LogP contribution in [0.3, 0.4) is 0 Å². The molecule has 29 heavy (non-hydrogen) atoms. The Kier molecular flexibility index (Phi) is 9.55. The van der Waals surface area contributed by atoms with Crippen LogP contribution in [-0.2, 0) is 20.8 Å². The summed E-state index contributed by atoms with van der Waals surface area (Å²) in [6.07, 6.45) is 2.49. The van der Waals surface area contributed by atoms with Gasteiger partial charge < -0.3 is 10.6 Å². The predicted molar refractivity (Wildman–Crippen MR) is 112 cm³/mol. The number of hydrogen-bond donors (Lipinski definition) is 4. The molecule has 0 aromatic heterocycles. The molecule has 0 unspecified atom stereocenters. The molecule has 160 valence electrons. The van der Waals surface area contributed by atoms with Gasteiger partial charge in [0.1, 0.15) is 6.04 Å². The number of rotatable bonds is 11. The fourth-order valence-corrected chi connectivity index (χ4v) is 3.45. The number of carbonyl (C=O) groups is 3. The van der Waals surface area contributed by atoms with Gasteiger partial charge in [0.05, 0.1) is 11.3 Å². The topological polar surface area (TPSA) is 108 Å². The summed E-state index contributed by atoms with van der Waals surface area (Å²) >= 11 is 0. The molecule has 7 heteroatoms. The third-order valence-corrected chi connectivity index (χ3v) is 5.14. The van der Waals surface area contributed by atoms with E-state index < -0.39 is 29.2 Å². The van der Waals surface area contributed by atoms with E-state index in [1.165, 1.54) is 7.05 Å². The third kappa shape index (κ3) is 6.71. The number of amides is 3. The Hall–Kier alpha value is -2.67. The van der Waals surface area contributed by atoms with Crippen LogP contribution >= 0.6 is 0 Å². The van der Waals surface area contributed by atoms with Gasteiger partial charge in [-0.1, -0.05) is 50.3 Å². The lowest BCUT2D eigenvalue weighted by Crippen LogP contribution is -2.54. The SMILES string of the molecule is C=CC[C@](C)(C(=O)NO)[C@@H](CC(C)C)C(=O)N[C@@H](Cc1ccccc1)C(=O)NC. The number of nitrogens with one attached hydrogen (secondary N) is 3. The first-order chi connectivity index (χ1) is 13.7. The molecule has 0 saturated heterocycles. The van der Waals surface area contributed by atoms with Crippen molar-refractivity contribution >= 4 is 17.7 Å². The fraction of sp³-hybridized carbons (Fsp3) is 0.500. The van der Waals surface area contributed by atoms with Gasteiger partial charge in [0, 0.05) is 13.5 Å². The summed E-state index contributed by atoms with van der Waals surface area (Å²) < 4.78 is 0. The maximum absolute atomic E-state index is 13.3. The third-order valence-electron chi connectivity index (χ3n) is 5.14. The summed E-state index contributed by atoms with van der Waals surface area (Å²) in [5.74, 6) is -2.01. The largest absolute Gasteiger partial charge is 0.357 e. The van der Waals surface area contributed by atoms with Crippen LogP contribution in [0.4, 0.5) is 0 Å². The zero-order valence-corrected chi connectivity index (χ0v) is 17.7. The number of hydroxylamine groups is 1. The van der Waals surface area contributed by atoms with Gasteiger partial charge in [0.2, 0.25) is 17.7 Å². The quantitative estimate of drug-likeness (QED) is 0.258. The summed E-state index contributed by atoms with van der Waals surface area (Å²) in [4.78, 5) is 38.1. The molecule has 0 bridgehead atoms. The summed E-state index contributed by atoms with van der Waals surface area (Å²) in [6, 6.07) is 8.60. The number of allylic oxidation sites excluding steroid dienone is 1. The number of hydrogen-bond acceptors (Lipinski definition) is 4. The van der Waals surface area contributed by atoms with Crippen molar-refractivity contribution in [1.82, 2.24) is 16.1 Å². The second-order valence-electron chi connectivity index (χ2n) is 7.90. The van der Waals surface area contributed by atoms with E-state index >= 15 is 0 Å². The lowest BCUT2D eigenvalue weighted by Gasteiger charge is -2.35. The molecule has 0 spiro atoms. The highest BCUT2D eigenvalue weighted by Crippen LogP contribution is 2.36. The molecule has 1 aromatic rings. The maximum Gasteiger partial charge on any atom is 0.250 e. The first-order valence-electron chi connectivity index (χ1n) is 9.80. The van der Waals surface area contributed by atoms with E-state index in [-0.39, 0.29) is 18.2 Å². The predicted octanol–water partition coefficient (Wildman–Crippen LogP) is 2.21. The van der Waals surface area contributed by atoms with E-state index in [1.54, 1.807) is 18.5 Å². The number of benzene rings is 1.